The van der Waals surface area contributed by atoms with E-state index >= 15 is 0 Å². The van der Waals surface area contributed by atoms with Gasteiger partial charge >= 0.3 is 5.69 Å². The summed E-state index contributed by atoms with van der Waals surface area (Å²) in [5, 5.41) is 19.3. The largest absolute Gasteiger partial charge is 0.489 e. The van der Waals surface area contributed by atoms with Crippen LogP contribution in [0.3, 0.4) is 0 Å². The van der Waals surface area contributed by atoms with Gasteiger partial charge in [-0.25, -0.2) is 0 Å². The Hall–Kier alpha value is -2.94. The Morgan fingerprint density at radius 2 is 1.95 bits per heavy atom. The number of hydrogen-bond acceptors (Lipinski definition) is 4. The number of nitro groups is 1. The lowest BCUT2D eigenvalue weighted by Gasteiger charge is -2.07. The summed E-state index contributed by atoms with van der Waals surface area (Å²) in [4.78, 5) is 9.84. The molecule has 0 unspecified atom stereocenters. The fourth-order valence-corrected chi connectivity index (χ4v) is 1.61. The van der Waals surface area contributed by atoms with Gasteiger partial charge in [-0.15, -0.1) is 0 Å². The van der Waals surface area contributed by atoms with Crippen LogP contribution in [0, 0.1) is 27.3 Å². The number of nitrogens with zero attached hydrogens (tertiary/aromatic N) is 2. The molecule has 20 heavy (non-hydrogen) atoms. The number of benzene rings is 2. The summed E-state index contributed by atoms with van der Waals surface area (Å²) in [5.74, 6) is -0.443. The Balaban J connectivity index is 2.13. The molecule has 0 atom stereocenters. The molecule has 0 spiro atoms. The Bertz CT molecular complexity index is 678. The third kappa shape index (κ3) is 2.90. The van der Waals surface area contributed by atoms with E-state index in [9.17, 15) is 14.5 Å². The molecule has 100 valence electrons. The zero-order valence-electron chi connectivity index (χ0n) is 10.2. The summed E-state index contributed by atoms with van der Waals surface area (Å²) < 4.78 is 19.1. The van der Waals surface area contributed by atoms with Crippen molar-refractivity contribution in [3.8, 4) is 11.8 Å². The number of nitro benzene ring substituents is 1. The number of hydrogen-bond donors (Lipinski definition) is 0. The van der Waals surface area contributed by atoms with E-state index in [1.54, 1.807) is 24.3 Å². The first-order valence-corrected chi connectivity index (χ1v) is 5.66. The van der Waals surface area contributed by atoms with Gasteiger partial charge in [-0.05, 0) is 24.3 Å². The van der Waals surface area contributed by atoms with Crippen molar-refractivity contribution in [3.63, 3.8) is 0 Å². The normalized spacial score (nSPS) is 9.80. The van der Waals surface area contributed by atoms with E-state index in [-0.39, 0.29) is 12.2 Å². The molecule has 0 fully saturated rings. The van der Waals surface area contributed by atoms with E-state index < -0.39 is 16.4 Å². The summed E-state index contributed by atoms with van der Waals surface area (Å²) in [7, 11) is 0. The molecule has 0 N–H and O–H groups in total. The molecule has 0 aliphatic heterocycles. The van der Waals surface area contributed by atoms with E-state index in [1.165, 1.54) is 12.1 Å². The van der Waals surface area contributed by atoms with Crippen LogP contribution >= 0.6 is 0 Å². The Kier molecular flexibility index (Phi) is 3.91. The highest BCUT2D eigenvalue weighted by atomic mass is 19.1. The predicted molar refractivity (Wildman–Crippen MR) is 68.5 cm³/mol. The zero-order valence-corrected chi connectivity index (χ0v) is 10.2. The van der Waals surface area contributed by atoms with Crippen LogP contribution in [0.25, 0.3) is 0 Å². The molecule has 6 heteroatoms. The monoisotopic (exact) mass is 272 g/mol. The van der Waals surface area contributed by atoms with Crippen LogP contribution in [0.15, 0.2) is 42.5 Å². The Morgan fingerprint density at radius 1 is 1.25 bits per heavy atom. The molecular weight excluding hydrogens is 263 g/mol. The fraction of sp³-hybridized carbons (Fsp3) is 0.0714. The quantitative estimate of drug-likeness (QED) is 0.632. The fourth-order valence-electron chi connectivity index (χ4n) is 1.61. The van der Waals surface area contributed by atoms with E-state index in [1.807, 2.05) is 6.07 Å². The van der Waals surface area contributed by atoms with Crippen molar-refractivity contribution in [1.29, 1.82) is 5.26 Å². The van der Waals surface area contributed by atoms with Gasteiger partial charge in [0, 0.05) is 11.6 Å². The molecule has 0 aromatic heterocycles. The number of nitriles is 1. The molecule has 0 aliphatic carbocycles. The van der Waals surface area contributed by atoms with Crippen LogP contribution in [-0.2, 0) is 6.61 Å². The van der Waals surface area contributed by atoms with Gasteiger partial charge in [-0.3, -0.25) is 10.1 Å². The Labute approximate surface area is 114 Å². The number of rotatable bonds is 4. The van der Waals surface area contributed by atoms with Crippen molar-refractivity contribution >= 4 is 5.69 Å². The molecule has 0 amide bonds. The van der Waals surface area contributed by atoms with E-state index in [2.05, 4.69) is 0 Å². The van der Waals surface area contributed by atoms with Gasteiger partial charge in [-0.2, -0.15) is 9.65 Å². The molecule has 0 heterocycles. The standard InChI is InChI=1S/C14H9FN2O3/c15-14-11(2-1-3-13(14)17(18)19)9-20-12-6-4-10(8-16)5-7-12/h1-7H,9H2. The van der Waals surface area contributed by atoms with Crippen molar-refractivity contribution < 1.29 is 14.1 Å². The Morgan fingerprint density at radius 3 is 2.55 bits per heavy atom. The highest BCUT2D eigenvalue weighted by Crippen LogP contribution is 2.22. The SMILES string of the molecule is N#Cc1ccc(OCc2cccc([N+](=O)[O-])c2F)cc1. The summed E-state index contributed by atoms with van der Waals surface area (Å²) in [6.45, 7) is -0.126. The number of ether oxygens (including phenoxy) is 1. The maximum Gasteiger partial charge on any atom is 0.305 e. The molecule has 0 saturated carbocycles. The maximum atomic E-state index is 13.8. The predicted octanol–water partition coefficient (Wildman–Crippen LogP) is 3.18. The van der Waals surface area contributed by atoms with Gasteiger partial charge in [0.05, 0.1) is 16.6 Å². The maximum absolute atomic E-state index is 13.8. The molecule has 2 aromatic carbocycles. The van der Waals surface area contributed by atoms with Crippen LogP contribution in [-0.4, -0.2) is 4.92 Å². The van der Waals surface area contributed by atoms with Crippen LogP contribution in [0.2, 0.25) is 0 Å². The molecule has 5 nitrogen and oxygen atoms in total. The highest BCUT2D eigenvalue weighted by Gasteiger charge is 2.17. The van der Waals surface area contributed by atoms with Gasteiger partial charge < -0.3 is 4.74 Å². The van der Waals surface area contributed by atoms with Crippen molar-refractivity contribution in [2.45, 2.75) is 6.61 Å². The lowest BCUT2D eigenvalue weighted by molar-refractivity contribution is -0.387. The van der Waals surface area contributed by atoms with Crippen LogP contribution < -0.4 is 4.74 Å². The smallest absolute Gasteiger partial charge is 0.305 e. The third-order valence-corrected chi connectivity index (χ3v) is 2.63. The minimum atomic E-state index is -0.897. The van der Waals surface area contributed by atoms with Gasteiger partial charge in [0.15, 0.2) is 0 Å². The van der Waals surface area contributed by atoms with Gasteiger partial charge in [0.25, 0.3) is 0 Å². The summed E-state index contributed by atoms with van der Waals surface area (Å²) in [5.41, 5.74) is 0.00775. The van der Waals surface area contributed by atoms with Crippen molar-refractivity contribution in [2.24, 2.45) is 0 Å². The average Bonchev–Trinajstić information content (AvgIpc) is 2.46. The minimum Gasteiger partial charge on any atom is -0.489 e. The number of halogens is 1. The molecule has 0 bridgehead atoms. The average molecular weight is 272 g/mol. The second-order valence-electron chi connectivity index (χ2n) is 3.93. The molecule has 0 aliphatic rings. The van der Waals surface area contributed by atoms with Crippen molar-refractivity contribution in [1.82, 2.24) is 0 Å². The second kappa shape index (κ2) is 5.80. The first kappa shape index (κ1) is 13.5. The van der Waals surface area contributed by atoms with E-state index in [4.69, 9.17) is 10.00 Å². The summed E-state index contributed by atoms with van der Waals surface area (Å²) in [6.07, 6.45) is 0. The molecule has 0 radical (unpaired) electrons. The molecule has 2 aromatic rings. The lowest BCUT2D eigenvalue weighted by Crippen LogP contribution is -2.01. The van der Waals surface area contributed by atoms with Gasteiger partial charge in [-0.1, -0.05) is 12.1 Å². The van der Waals surface area contributed by atoms with E-state index in [0.717, 1.165) is 6.07 Å². The summed E-state index contributed by atoms with van der Waals surface area (Å²) >= 11 is 0. The lowest BCUT2D eigenvalue weighted by atomic mass is 10.2. The van der Waals surface area contributed by atoms with Crippen molar-refractivity contribution in [3.05, 3.63) is 69.5 Å². The first-order valence-electron chi connectivity index (χ1n) is 5.66. The summed E-state index contributed by atoms with van der Waals surface area (Å²) in [6, 6.07) is 12.2. The van der Waals surface area contributed by atoms with Gasteiger partial charge in [0.2, 0.25) is 5.82 Å². The molecule has 2 rings (SSSR count). The highest BCUT2D eigenvalue weighted by molar-refractivity contribution is 5.37. The zero-order chi connectivity index (χ0) is 14.5. The van der Waals surface area contributed by atoms with Crippen LogP contribution in [0.1, 0.15) is 11.1 Å². The molecular formula is C14H9FN2O3. The van der Waals surface area contributed by atoms with E-state index in [0.29, 0.717) is 11.3 Å². The first-order chi connectivity index (χ1) is 9.61. The topological polar surface area (TPSA) is 76.2 Å². The van der Waals surface area contributed by atoms with Crippen LogP contribution in [0.4, 0.5) is 10.1 Å². The van der Waals surface area contributed by atoms with Gasteiger partial charge in [0.1, 0.15) is 12.4 Å². The third-order valence-electron chi connectivity index (χ3n) is 2.63. The minimum absolute atomic E-state index is 0.101. The molecule has 0 saturated heterocycles. The van der Waals surface area contributed by atoms with Crippen LogP contribution in [0.5, 0.6) is 5.75 Å². The van der Waals surface area contributed by atoms with Crippen molar-refractivity contribution in [2.75, 3.05) is 0 Å². The second-order valence-corrected chi connectivity index (χ2v) is 3.93.